The summed E-state index contributed by atoms with van der Waals surface area (Å²) < 4.78 is 5.04. The van der Waals surface area contributed by atoms with Gasteiger partial charge in [-0.25, -0.2) is 9.78 Å². The Labute approximate surface area is 141 Å². The van der Waals surface area contributed by atoms with E-state index in [1.165, 1.54) is 0 Å². The first kappa shape index (κ1) is 17.5. The number of ether oxygens (including phenoxy) is 1. The molecule has 0 aromatic carbocycles. The molecule has 0 radical (unpaired) electrons. The Bertz CT molecular complexity index is 765. The molecule has 0 saturated carbocycles. The molecule has 128 valence electrons. The van der Waals surface area contributed by atoms with Crippen molar-refractivity contribution < 1.29 is 14.3 Å². The lowest BCUT2D eigenvalue weighted by Gasteiger charge is -2.16. The van der Waals surface area contributed by atoms with Crippen LogP contribution in [-0.4, -0.2) is 42.5 Å². The summed E-state index contributed by atoms with van der Waals surface area (Å²) in [4.78, 5) is 33.7. The number of pyridine rings is 1. The fourth-order valence-electron chi connectivity index (χ4n) is 2.52. The Morgan fingerprint density at radius 2 is 2.04 bits per heavy atom. The number of aryl methyl sites for hydroxylation is 1. The summed E-state index contributed by atoms with van der Waals surface area (Å²) in [6, 6.07) is 3.52. The third-order valence-electron chi connectivity index (χ3n) is 3.60. The number of aromatic amines is 1. The van der Waals surface area contributed by atoms with E-state index in [0.717, 1.165) is 0 Å². The number of amides is 1. The lowest BCUT2D eigenvalue weighted by molar-refractivity contribution is 0.0525. The van der Waals surface area contributed by atoms with Crippen LogP contribution in [0.5, 0.6) is 0 Å². The van der Waals surface area contributed by atoms with Gasteiger partial charge in [0.25, 0.3) is 5.91 Å². The van der Waals surface area contributed by atoms with Gasteiger partial charge in [0.2, 0.25) is 0 Å². The third-order valence-corrected chi connectivity index (χ3v) is 3.60. The molecule has 0 saturated heterocycles. The summed E-state index contributed by atoms with van der Waals surface area (Å²) in [7, 11) is 3.70. The molecule has 7 nitrogen and oxygen atoms in total. The predicted octanol–water partition coefficient (Wildman–Crippen LogP) is 2.52. The van der Waals surface area contributed by atoms with Crippen molar-refractivity contribution in [2.75, 3.05) is 30.9 Å². The summed E-state index contributed by atoms with van der Waals surface area (Å²) >= 11 is 0. The maximum absolute atomic E-state index is 12.6. The van der Waals surface area contributed by atoms with Crippen molar-refractivity contribution in [1.82, 2.24) is 9.97 Å². The van der Waals surface area contributed by atoms with Crippen molar-refractivity contribution in [3.63, 3.8) is 0 Å². The van der Waals surface area contributed by atoms with Crippen LogP contribution in [0.15, 0.2) is 18.3 Å². The Morgan fingerprint density at radius 3 is 2.67 bits per heavy atom. The lowest BCUT2D eigenvalue weighted by Crippen LogP contribution is -2.18. The van der Waals surface area contributed by atoms with Gasteiger partial charge in [-0.2, -0.15) is 0 Å². The number of esters is 1. The van der Waals surface area contributed by atoms with Gasteiger partial charge >= 0.3 is 5.97 Å². The number of hydrogen-bond donors (Lipinski definition) is 2. The van der Waals surface area contributed by atoms with E-state index in [-0.39, 0.29) is 12.5 Å². The number of H-pyrrole nitrogens is 1. The molecule has 24 heavy (non-hydrogen) atoms. The minimum atomic E-state index is -0.432. The van der Waals surface area contributed by atoms with Crippen LogP contribution < -0.4 is 10.2 Å². The highest BCUT2D eigenvalue weighted by molar-refractivity contribution is 6.07. The highest BCUT2D eigenvalue weighted by Gasteiger charge is 2.23. The monoisotopic (exact) mass is 330 g/mol. The van der Waals surface area contributed by atoms with Crippen LogP contribution in [0.3, 0.4) is 0 Å². The summed E-state index contributed by atoms with van der Waals surface area (Å²) in [6.45, 7) is 5.49. The zero-order valence-corrected chi connectivity index (χ0v) is 14.6. The van der Waals surface area contributed by atoms with E-state index < -0.39 is 5.97 Å². The van der Waals surface area contributed by atoms with Crippen LogP contribution in [0.2, 0.25) is 0 Å². The highest BCUT2D eigenvalue weighted by atomic mass is 16.5. The first-order valence-electron chi connectivity index (χ1n) is 7.66. The average molecular weight is 330 g/mol. The van der Waals surface area contributed by atoms with Crippen molar-refractivity contribution in [2.24, 2.45) is 0 Å². The van der Waals surface area contributed by atoms with Gasteiger partial charge in [0.15, 0.2) is 5.82 Å². The summed E-state index contributed by atoms with van der Waals surface area (Å²) in [6.07, 6.45) is 1.66. The largest absolute Gasteiger partial charge is 0.462 e. The van der Waals surface area contributed by atoms with Crippen LogP contribution >= 0.6 is 0 Å². The van der Waals surface area contributed by atoms with E-state index >= 15 is 0 Å². The zero-order valence-electron chi connectivity index (χ0n) is 14.6. The second-order valence-corrected chi connectivity index (χ2v) is 5.57. The number of hydrogen-bond acceptors (Lipinski definition) is 5. The highest BCUT2D eigenvalue weighted by Crippen LogP contribution is 2.23. The average Bonchev–Trinajstić information content (AvgIpc) is 2.82. The summed E-state index contributed by atoms with van der Waals surface area (Å²) in [5.41, 5.74) is 2.51. The topological polar surface area (TPSA) is 87.3 Å². The molecule has 0 spiro atoms. The van der Waals surface area contributed by atoms with E-state index in [1.807, 2.05) is 19.0 Å². The number of anilines is 2. The third kappa shape index (κ3) is 3.40. The van der Waals surface area contributed by atoms with Gasteiger partial charge in [-0.1, -0.05) is 0 Å². The molecule has 2 aromatic rings. The Balaban J connectivity index is 2.32. The molecule has 0 unspecified atom stereocenters. The number of rotatable bonds is 5. The van der Waals surface area contributed by atoms with Gasteiger partial charge in [0.1, 0.15) is 5.69 Å². The molecule has 0 fully saturated rings. The Kier molecular flexibility index (Phi) is 5.23. The maximum atomic E-state index is 12.6. The van der Waals surface area contributed by atoms with E-state index in [1.54, 1.807) is 39.1 Å². The summed E-state index contributed by atoms with van der Waals surface area (Å²) in [5, 5.41) is 2.83. The molecule has 0 aliphatic rings. The predicted molar refractivity (Wildman–Crippen MR) is 92.7 cm³/mol. The number of aromatic nitrogens is 2. The van der Waals surface area contributed by atoms with Gasteiger partial charge in [0.05, 0.1) is 17.9 Å². The van der Waals surface area contributed by atoms with Crippen molar-refractivity contribution in [3.8, 4) is 0 Å². The zero-order chi connectivity index (χ0) is 17.9. The van der Waals surface area contributed by atoms with E-state index in [4.69, 9.17) is 4.74 Å². The smallest absolute Gasteiger partial charge is 0.340 e. The van der Waals surface area contributed by atoms with Crippen LogP contribution in [0, 0.1) is 13.8 Å². The first-order valence-corrected chi connectivity index (χ1v) is 7.66. The van der Waals surface area contributed by atoms with Crippen LogP contribution in [0.4, 0.5) is 11.5 Å². The fourth-order valence-corrected chi connectivity index (χ4v) is 2.52. The second kappa shape index (κ2) is 7.16. The molecular weight excluding hydrogens is 308 g/mol. The molecule has 0 aliphatic heterocycles. The number of carbonyl (C=O) groups is 2. The minimum absolute atomic E-state index is 0.284. The molecule has 0 bridgehead atoms. The molecule has 2 rings (SSSR count). The molecule has 0 atom stereocenters. The number of nitrogens with zero attached hydrogens (tertiary/aromatic N) is 2. The molecular formula is C17H22N4O3. The minimum Gasteiger partial charge on any atom is -0.462 e. The van der Waals surface area contributed by atoms with Gasteiger partial charge < -0.3 is 19.9 Å². The SMILES string of the molecule is CCOC(=O)c1c(C)[nH]c(C(=O)Nc2cccnc2N(C)C)c1C. The maximum Gasteiger partial charge on any atom is 0.340 e. The van der Waals surface area contributed by atoms with Crippen molar-refractivity contribution in [2.45, 2.75) is 20.8 Å². The fraction of sp³-hybridized carbons (Fsp3) is 0.353. The van der Waals surface area contributed by atoms with E-state index in [9.17, 15) is 9.59 Å². The molecule has 1 amide bonds. The van der Waals surface area contributed by atoms with Gasteiger partial charge in [-0.05, 0) is 38.5 Å². The Hall–Kier alpha value is -2.83. The van der Waals surface area contributed by atoms with Crippen LogP contribution in [0.25, 0.3) is 0 Å². The normalized spacial score (nSPS) is 10.4. The molecule has 2 N–H and O–H groups in total. The molecule has 0 aliphatic carbocycles. The van der Waals surface area contributed by atoms with E-state index in [0.29, 0.717) is 34.0 Å². The molecule has 7 heteroatoms. The lowest BCUT2D eigenvalue weighted by atomic mass is 10.1. The second-order valence-electron chi connectivity index (χ2n) is 5.57. The van der Waals surface area contributed by atoms with Gasteiger partial charge in [0, 0.05) is 26.0 Å². The van der Waals surface area contributed by atoms with E-state index in [2.05, 4.69) is 15.3 Å². The first-order chi connectivity index (χ1) is 11.4. The van der Waals surface area contributed by atoms with Gasteiger partial charge in [-0.15, -0.1) is 0 Å². The van der Waals surface area contributed by atoms with Crippen molar-refractivity contribution >= 4 is 23.4 Å². The summed E-state index contributed by atoms with van der Waals surface area (Å²) in [5.74, 6) is -0.113. The van der Waals surface area contributed by atoms with Crippen molar-refractivity contribution in [1.29, 1.82) is 0 Å². The van der Waals surface area contributed by atoms with Gasteiger partial charge in [-0.3, -0.25) is 4.79 Å². The van der Waals surface area contributed by atoms with Crippen LogP contribution in [0.1, 0.15) is 39.0 Å². The number of carbonyl (C=O) groups excluding carboxylic acids is 2. The standard InChI is InChI=1S/C17H22N4O3/c1-6-24-17(23)13-10(2)14(19-11(13)3)16(22)20-12-8-7-9-18-15(12)21(4)5/h7-9,19H,6H2,1-5H3,(H,20,22). The van der Waals surface area contributed by atoms with Crippen molar-refractivity contribution in [3.05, 3.63) is 40.8 Å². The quantitative estimate of drug-likeness (QED) is 0.823. The molecule has 2 aromatic heterocycles. The molecule has 2 heterocycles. The number of nitrogens with one attached hydrogen (secondary N) is 2. The van der Waals surface area contributed by atoms with Crippen LogP contribution in [-0.2, 0) is 4.74 Å². The Morgan fingerprint density at radius 1 is 1.33 bits per heavy atom.